The fourth-order valence-corrected chi connectivity index (χ4v) is 2.00. The van der Waals surface area contributed by atoms with E-state index in [1.165, 1.54) is 11.6 Å². The molecule has 1 unspecified atom stereocenters. The van der Waals surface area contributed by atoms with Gasteiger partial charge in [0.05, 0.1) is 0 Å². The van der Waals surface area contributed by atoms with Crippen molar-refractivity contribution in [2.24, 2.45) is 0 Å². The number of aromatic nitrogens is 1. The Morgan fingerprint density at radius 3 is 2.33 bits per heavy atom. The molecule has 18 heavy (non-hydrogen) atoms. The van der Waals surface area contributed by atoms with E-state index in [4.69, 9.17) is 0 Å². The molecule has 0 saturated carbocycles. The molecule has 0 amide bonds. The average molecular weight is 244 g/mol. The maximum absolute atomic E-state index is 13.2. The average Bonchev–Trinajstić information content (AvgIpc) is 2.39. The monoisotopic (exact) mass is 244 g/mol. The number of nitrogens with one attached hydrogen (secondary N) is 1. The Labute approximate surface area is 107 Å². The number of rotatable bonds is 4. The maximum atomic E-state index is 13.2. The van der Waals surface area contributed by atoms with Crippen LogP contribution in [0.2, 0.25) is 0 Å². The Balaban J connectivity index is 2.05. The number of halogens is 1. The third-order valence-corrected chi connectivity index (χ3v) is 3.05. The van der Waals surface area contributed by atoms with Gasteiger partial charge < -0.3 is 5.32 Å². The van der Waals surface area contributed by atoms with Gasteiger partial charge in [-0.15, -0.1) is 0 Å². The molecule has 0 bridgehead atoms. The molecule has 1 aromatic carbocycles. The zero-order chi connectivity index (χ0) is 13.0. The molecule has 1 heterocycles. The van der Waals surface area contributed by atoms with Gasteiger partial charge >= 0.3 is 0 Å². The van der Waals surface area contributed by atoms with Crippen LogP contribution in [0.25, 0.3) is 0 Å². The smallest absolute Gasteiger partial charge is 0.123 e. The summed E-state index contributed by atoms with van der Waals surface area (Å²) in [6, 6.07) is 11.0. The van der Waals surface area contributed by atoms with Crippen LogP contribution in [0.4, 0.5) is 4.39 Å². The maximum Gasteiger partial charge on any atom is 0.123 e. The fraction of sp³-hybridized carbons (Fsp3) is 0.267. The van der Waals surface area contributed by atoms with Gasteiger partial charge in [-0.05, 0) is 49.2 Å². The highest BCUT2D eigenvalue weighted by molar-refractivity contribution is 5.21. The Kier molecular flexibility index (Phi) is 4.05. The molecule has 0 aliphatic carbocycles. The van der Waals surface area contributed by atoms with E-state index in [0.717, 1.165) is 5.56 Å². The van der Waals surface area contributed by atoms with Crippen LogP contribution in [0.1, 0.15) is 37.1 Å². The van der Waals surface area contributed by atoms with Crippen molar-refractivity contribution >= 4 is 0 Å². The molecule has 2 rings (SSSR count). The third-order valence-electron chi connectivity index (χ3n) is 3.05. The first kappa shape index (κ1) is 12.7. The normalized spacial score (nSPS) is 14.2. The highest BCUT2D eigenvalue weighted by Crippen LogP contribution is 2.19. The Morgan fingerprint density at radius 2 is 1.67 bits per heavy atom. The Hall–Kier alpha value is -1.74. The molecular weight excluding hydrogens is 227 g/mol. The van der Waals surface area contributed by atoms with Crippen molar-refractivity contribution in [2.75, 3.05) is 0 Å². The van der Waals surface area contributed by atoms with Gasteiger partial charge in [0.15, 0.2) is 0 Å². The standard InChI is InChI=1S/C15H17FN2/c1-11(13-6-8-17-9-7-13)18-12(2)14-4-3-5-15(16)10-14/h3-12,18H,1-2H3/t11-,12?/m1/s1. The Bertz CT molecular complexity index is 499. The molecule has 2 nitrogen and oxygen atoms in total. The summed E-state index contributed by atoms with van der Waals surface area (Å²) in [5, 5.41) is 3.45. The third kappa shape index (κ3) is 3.14. The highest BCUT2D eigenvalue weighted by atomic mass is 19.1. The quantitative estimate of drug-likeness (QED) is 0.888. The van der Waals surface area contributed by atoms with Gasteiger partial charge in [-0.1, -0.05) is 12.1 Å². The fourth-order valence-electron chi connectivity index (χ4n) is 2.00. The van der Waals surface area contributed by atoms with E-state index in [1.807, 2.05) is 25.1 Å². The number of hydrogen-bond donors (Lipinski definition) is 1. The minimum absolute atomic E-state index is 0.101. The molecule has 2 aromatic rings. The molecule has 0 spiro atoms. The van der Waals surface area contributed by atoms with Crippen LogP contribution in [-0.4, -0.2) is 4.98 Å². The van der Waals surface area contributed by atoms with Gasteiger partial charge in [-0.2, -0.15) is 0 Å². The zero-order valence-electron chi connectivity index (χ0n) is 10.6. The molecule has 94 valence electrons. The van der Waals surface area contributed by atoms with Crippen LogP contribution in [-0.2, 0) is 0 Å². The summed E-state index contributed by atoms with van der Waals surface area (Å²) in [7, 11) is 0. The molecule has 3 heteroatoms. The Morgan fingerprint density at radius 1 is 1.00 bits per heavy atom. The molecule has 0 aliphatic heterocycles. The van der Waals surface area contributed by atoms with Crippen molar-refractivity contribution in [3.63, 3.8) is 0 Å². The van der Waals surface area contributed by atoms with Crippen molar-refractivity contribution in [1.29, 1.82) is 0 Å². The molecule has 0 fully saturated rings. The van der Waals surface area contributed by atoms with Gasteiger partial charge in [0.1, 0.15) is 5.82 Å². The first-order valence-electron chi connectivity index (χ1n) is 6.08. The minimum Gasteiger partial charge on any atom is -0.304 e. The summed E-state index contributed by atoms with van der Waals surface area (Å²) in [6.07, 6.45) is 3.56. The SMILES string of the molecule is CC(N[C@H](C)c1ccncc1)c1cccc(F)c1. The number of nitrogens with zero attached hydrogens (tertiary/aromatic N) is 1. The lowest BCUT2D eigenvalue weighted by Gasteiger charge is -2.20. The summed E-state index contributed by atoms with van der Waals surface area (Å²) < 4.78 is 13.2. The largest absolute Gasteiger partial charge is 0.304 e. The second-order valence-corrected chi connectivity index (χ2v) is 4.45. The summed E-state index contributed by atoms with van der Waals surface area (Å²) in [5.74, 6) is -0.197. The van der Waals surface area contributed by atoms with Gasteiger partial charge in [-0.25, -0.2) is 4.39 Å². The summed E-state index contributed by atoms with van der Waals surface area (Å²) in [5.41, 5.74) is 2.13. The molecule has 1 aromatic heterocycles. The van der Waals surface area contributed by atoms with E-state index in [0.29, 0.717) is 0 Å². The lowest BCUT2D eigenvalue weighted by Crippen LogP contribution is -2.22. The molecule has 0 aliphatic rings. The van der Waals surface area contributed by atoms with Crippen molar-refractivity contribution < 1.29 is 4.39 Å². The number of benzene rings is 1. The van der Waals surface area contributed by atoms with Crippen LogP contribution >= 0.6 is 0 Å². The van der Waals surface area contributed by atoms with Gasteiger partial charge in [0.25, 0.3) is 0 Å². The van der Waals surface area contributed by atoms with Crippen molar-refractivity contribution in [2.45, 2.75) is 25.9 Å². The molecule has 1 N–H and O–H groups in total. The molecule has 2 atom stereocenters. The second kappa shape index (κ2) is 5.74. The van der Waals surface area contributed by atoms with Gasteiger partial charge in [0.2, 0.25) is 0 Å². The van der Waals surface area contributed by atoms with E-state index < -0.39 is 0 Å². The van der Waals surface area contributed by atoms with Gasteiger partial charge in [-0.3, -0.25) is 4.98 Å². The van der Waals surface area contributed by atoms with Crippen molar-refractivity contribution in [1.82, 2.24) is 10.3 Å². The zero-order valence-corrected chi connectivity index (χ0v) is 10.6. The van der Waals surface area contributed by atoms with Crippen LogP contribution in [0.15, 0.2) is 48.8 Å². The topological polar surface area (TPSA) is 24.9 Å². The van der Waals surface area contributed by atoms with Crippen molar-refractivity contribution in [3.05, 3.63) is 65.7 Å². The first-order chi connectivity index (χ1) is 8.66. The van der Waals surface area contributed by atoms with Crippen LogP contribution in [0.3, 0.4) is 0 Å². The van der Waals surface area contributed by atoms with Gasteiger partial charge in [0, 0.05) is 24.5 Å². The second-order valence-electron chi connectivity index (χ2n) is 4.45. The van der Waals surface area contributed by atoms with Crippen LogP contribution in [0, 0.1) is 5.82 Å². The number of hydrogen-bond acceptors (Lipinski definition) is 2. The van der Waals surface area contributed by atoms with Crippen molar-refractivity contribution in [3.8, 4) is 0 Å². The predicted molar refractivity (Wildman–Crippen MR) is 70.6 cm³/mol. The summed E-state index contributed by atoms with van der Waals surface area (Å²) in [6.45, 7) is 4.12. The minimum atomic E-state index is -0.197. The highest BCUT2D eigenvalue weighted by Gasteiger charge is 2.11. The van der Waals surface area contributed by atoms with E-state index in [9.17, 15) is 4.39 Å². The van der Waals surface area contributed by atoms with E-state index in [2.05, 4.69) is 17.2 Å². The molecule has 0 radical (unpaired) electrons. The summed E-state index contributed by atoms with van der Waals surface area (Å²) in [4.78, 5) is 4.00. The van der Waals surface area contributed by atoms with Crippen LogP contribution in [0.5, 0.6) is 0 Å². The van der Waals surface area contributed by atoms with Crippen LogP contribution < -0.4 is 5.32 Å². The van der Waals surface area contributed by atoms with E-state index in [1.54, 1.807) is 24.5 Å². The summed E-state index contributed by atoms with van der Waals surface area (Å²) >= 11 is 0. The predicted octanol–water partition coefficient (Wildman–Crippen LogP) is 3.63. The van der Waals surface area contributed by atoms with E-state index >= 15 is 0 Å². The lowest BCUT2D eigenvalue weighted by atomic mass is 10.1. The molecular formula is C15H17FN2. The molecule has 0 saturated heterocycles. The first-order valence-corrected chi connectivity index (χ1v) is 6.08. The van der Waals surface area contributed by atoms with E-state index in [-0.39, 0.29) is 17.9 Å². The lowest BCUT2D eigenvalue weighted by molar-refractivity contribution is 0.491. The number of pyridine rings is 1.